The van der Waals surface area contributed by atoms with Crippen LogP contribution in [0.15, 0.2) is 41.2 Å². The fraction of sp³-hybridized carbons (Fsp3) is 0.429. The van der Waals surface area contributed by atoms with Crippen molar-refractivity contribution in [2.45, 2.75) is 44.1 Å². The number of aromatic nitrogens is 1. The average molecular weight is 486 g/mol. The fourth-order valence-electron chi connectivity index (χ4n) is 3.65. The molecule has 178 valence electrons. The first kappa shape index (κ1) is 24.7. The smallest absolute Gasteiger partial charge is 0.350 e. The van der Waals surface area contributed by atoms with Crippen LogP contribution in [0, 0.1) is 19.3 Å². The van der Waals surface area contributed by atoms with Crippen molar-refractivity contribution in [1.82, 2.24) is 14.6 Å². The number of nitrogens with zero attached hydrogens (tertiary/aromatic N) is 3. The summed E-state index contributed by atoms with van der Waals surface area (Å²) in [6, 6.07) is 1.04. The summed E-state index contributed by atoms with van der Waals surface area (Å²) in [5.41, 5.74) is 1.69. The first-order chi connectivity index (χ1) is 15.6. The number of nitrogens with one attached hydrogen (secondary N) is 1. The Hall–Kier alpha value is -2.91. The van der Waals surface area contributed by atoms with Gasteiger partial charge in [0.25, 0.3) is 10.0 Å². The minimum absolute atomic E-state index is 0.160. The molecule has 2 aliphatic heterocycles. The van der Waals surface area contributed by atoms with Crippen LogP contribution >= 0.6 is 0 Å². The molecule has 3 heterocycles. The Morgan fingerprint density at radius 2 is 2.21 bits per heavy atom. The van der Waals surface area contributed by atoms with Gasteiger partial charge in [-0.25, -0.2) is 21.9 Å². The summed E-state index contributed by atoms with van der Waals surface area (Å²) in [6.07, 6.45) is 7.81. The molecule has 1 fully saturated rings. The molecule has 0 aromatic carbocycles. The minimum Gasteiger partial charge on any atom is -0.384 e. The number of aryl methyl sites for hydroxylation is 1. The van der Waals surface area contributed by atoms with Crippen molar-refractivity contribution in [2.75, 3.05) is 13.1 Å². The van der Waals surface area contributed by atoms with Gasteiger partial charge < -0.3 is 9.74 Å². The predicted octanol–water partition coefficient (Wildman–Crippen LogP) is 3.26. The second-order valence-corrected chi connectivity index (χ2v) is 9.36. The molecule has 0 unspecified atom stereocenters. The van der Waals surface area contributed by atoms with Crippen LogP contribution in [0.5, 0.6) is 0 Å². The highest BCUT2D eigenvalue weighted by Crippen LogP contribution is 2.32. The van der Waals surface area contributed by atoms with Crippen LogP contribution in [-0.2, 0) is 21.3 Å². The van der Waals surface area contributed by atoms with Crippen molar-refractivity contribution in [3.63, 3.8) is 0 Å². The molecule has 7 nitrogen and oxygen atoms in total. The highest BCUT2D eigenvalue weighted by molar-refractivity contribution is 7.89. The molecule has 1 saturated heterocycles. The van der Waals surface area contributed by atoms with E-state index in [-0.39, 0.29) is 19.4 Å². The third kappa shape index (κ3) is 6.33. The highest BCUT2D eigenvalue weighted by Gasteiger charge is 2.36. The zero-order chi connectivity index (χ0) is 24.2. The fourth-order valence-corrected chi connectivity index (χ4v) is 4.41. The number of pyridine rings is 1. The van der Waals surface area contributed by atoms with Crippen LogP contribution in [0.25, 0.3) is 0 Å². The molecule has 0 spiro atoms. The van der Waals surface area contributed by atoms with E-state index in [1.807, 2.05) is 10.6 Å². The summed E-state index contributed by atoms with van der Waals surface area (Å²) in [5, 5.41) is 4.03. The number of allylic oxidation sites excluding steroid dienone is 4. The zero-order valence-electron chi connectivity index (χ0n) is 17.6. The largest absolute Gasteiger partial charge is 0.384 e. The van der Waals surface area contributed by atoms with Crippen molar-refractivity contribution in [2.24, 2.45) is 5.16 Å². The predicted molar refractivity (Wildman–Crippen MR) is 114 cm³/mol. The summed E-state index contributed by atoms with van der Waals surface area (Å²) in [6.45, 7) is 2.34. The summed E-state index contributed by atoms with van der Waals surface area (Å²) in [5.74, 6) is -2.65. The molecule has 0 saturated carbocycles. The molecule has 1 N–H and O–H groups in total. The molecule has 3 rings (SSSR count). The van der Waals surface area contributed by atoms with Crippen LogP contribution < -0.4 is 4.72 Å². The van der Waals surface area contributed by atoms with Gasteiger partial charge in [0.1, 0.15) is 17.5 Å². The zero-order valence-corrected chi connectivity index (χ0v) is 18.5. The number of alkyl halides is 2. The number of amidine groups is 1. The van der Waals surface area contributed by atoms with Gasteiger partial charge in [-0.1, -0.05) is 17.1 Å². The summed E-state index contributed by atoms with van der Waals surface area (Å²) < 4.78 is 77.8. The van der Waals surface area contributed by atoms with Gasteiger partial charge in [0.05, 0.1) is 12.1 Å². The van der Waals surface area contributed by atoms with E-state index < -0.39 is 39.6 Å². The lowest BCUT2D eigenvalue weighted by molar-refractivity contribution is 0.0817. The van der Waals surface area contributed by atoms with Crippen LogP contribution in [0.3, 0.4) is 0 Å². The quantitative estimate of drug-likeness (QED) is 0.363. The summed E-state index contributed by atoms with van der Waals surface area (Å²) in [7, 11) is -4.69. The third-order valence-corrected chi connectivity index (χ3v) is 6.22. The number of sulfonamides is 1. The number of hydrogen-bond acceptors (Lipinski definition) is 6. The average Bonchev–Trinajstić information content (AvgIpc) is 3.37. The number of halogens is 4. The van der Waals surface area contributed by atoms with Gasteiger partial charge >= 0.3 is 5.76 Å². The maximum absolute atomic E-state index is 14.3. The topological polar surface area (TPSA) is 83.9 Å². The molecule has 1 aromatic heterocycles. The van der Waals surface area contributed by atoms with E-state index >= 15 is 0 Å². The van der Waals surface area contributed by atoms with E-state index in [1.54, 1.807) is 24.1 Å². The number of likely N-dealkylation sites (tertiary alicyclic amines) is 1. The van der Waals surface area contributed by atoms with Crippen LogP contribution in [0.4, 0.5) is 17.6 Å². The lowest BCUT2D eigenvalue weighted by Gasteiger charge is -2.18. The third-order valence-electron chi connectivity index (χ3n) is 5.09. The number of hydrogen-bond donors (Lipinski definition) is 1. The minimum atomic E-state index is -4.69. The van der Waals surface area contributed by atoms with E-state index in [0.29, 0.717) is 36.1 Å². The maximum Gasteiger partial charge on any atom is 0.350 e. The maximum atomic E-state index is 14.3. The second kappa shape index (κ2) is 10.4. The molecular weight excluding hydrogens is 464 g/mol. The van der Waals surface area contributed by atoms with E-state index in [0.717, 1.165) is 11.6 Å². The molecule has 2 aliphatic rings. The van der Waals surface area contributed by atoms with E-state index in [4.69, 9.17) is 11.3 Å². The Morgan fingerprint density at radius 3 is 2.91 bits per heavy atom. The molecular formula is C21H22F4N4O3S. The number of rotatable bonds is 7. The van der Waals surface area contributed by atoms with E-state index in [9.17, 15) is 26.0 Å². The summed E-state index contributed by atoms with van der Waals surface area (Å²) in [4.78, 5) is 11.6. The number of oxime groups is 1. The molecule has 0 bridgehead atoms. The molecule has 0 radical (unpaired) electrons. The van der Waals surface area contributed by atoms with Crippen molar-refractivity contribution in [3.8, 4) is 12.3 Å². The first-order valence-corrected chi connectivity index (χ1v) is 11.5. The van der Waals surface area contributed by atoms with E-state index in [2.05, 4.69) is 10.1 Å². The Labute approximate surface area is 189 Å². The van der Waals surface area contributed by atoms with Crippen molar-refractivity contribution < 1.29 is 30.8 Å². The normalized spacial score (nSPS) is 21.8. The molecule has 33 heavy (non-hydrogen) atoms. The van der Waals surface area contributed by atoms with Crippen molar-refractivity contribution >= 4 is 15.9 Å². The standard InChI is InChI=1S/C21H22F4N4O3S/c1-3-4-15(22)9-16(23)8-14-7-13(2)11-26-20(14)18-10-19(27-32-18)29-6-5-17(12-29)28-33(30,31)21(24)25/h1,4,7,9,11,17-18,21,28H,5-6,8,10,12H2,2H3/b15-4+,16-9+/t17-,18-/m0/s1. The SMILES string of the molecule is C#C/C=C(F)\C=C(\F)Cc1cc(C)cnc1[C@@H]1CC(N2CC[C@H](NS(=O)(=O)C(F)F)C2)=NO1. The Morgan fingerprint density at radius 1 is 1.45 bits per heavy atom. The van der Waals surface area contributed by atoms with Crippen molar-refractivity contribution in [1.29, 1.82) is 0 Å². The van der Waals surface area contributed by atoms with Gasteiger partial charge in [-0.2, -0.15) is 8.78 Å². The van der Waals surface area contributed by atoms with Gasteiger partial charge in [0, 0.05) is 43.9 Å². The van der Waals surface area contributed by atoms with Crippen LogP contribution in [0.2, 0.25) is 0 Å². The van der Waals surface area contributed by atoms with Crippen molar-refractivity contribution in [3.05, 3.63) is 52.9 Å². The molecule has 12 heteroatoms. The first-order valence-electron chi connectivity index (χ1n) is 9.99. The second-order valence-electron chi connectivity index (χ2n) is 7.68. The van der Waals surface area contributed by atoms with Gasteiger partial charge in [0.15, 0.2) is 6.10 Å². The lowest BCUT2D eigenvalue weighted by atomic mass is 10.0. The Balaban J connectivity index is 1.68. The van der Waals surface area contributed by atoms with Gasteiger partial charge in [-0.05, 0) is 24.5 Å². The van der Waals surface area contributed by atoms with Gasteiger partial charge in [-0.15, -0.1) is 6.42 Å². The lowest BCUT2D eigenvalue weighted by Crippen LogP contribution is -2.40. The van der Waals surface area contributed by atoms with Crippen LogP contribution in [0.1, 0.15) is 35.8 Å². The molecule has 1 aromatic rings. The van der Waals surface area contributed by atoms with Crippen LogP contribution in [-0.4, -0.2) is 49.0 Å². The van der Waals surface area contributed by atoms with Gasteiger partial charge in [-0.3, -0.25) is 4.98 Å². The number of terminal acetylenes is 1. The summed E-state index contributed by atoms with van der Waals surface area (Å²) >= 11 is 0. The molecule has 2 atom stereocenters. The Bertz CT molecular complexity index is 1130. The Kier molecular flexibility index (Phi) is 7.76. The monoisotopic (exact) mass is 486 g/mol. The van der Waals surface area contributed by atoms with E-state index in [1.165, 1.54) is 0 Å². The highest BCUT2D eigenvalue weighted by atomic mass is 32.2. The van der Waals surface area contributed by atoms with Gasteiger partial charge in [0.2, 0.25) is 0 Å². The molecule has 0 aliphatic carbocycles. The molecule has 0 amide bonds.